The van der Waals surface area contributed by atoms with Crippen LogP contribution in [0.3, 0.4) is 0 Å². The van der Waals surface area contributed by atoms with E-state index in [0.717, 1.165) is 29.0 Å². The van der Waals surface area contributed by atoms with Gasteiger partial charge in [0.05, 0.1) is 18.5 Å². The monoisotopic (exact) mass is 390 g/mol. The first-order valence-electron chi connectivity index (χ1n) is 9.54. The molecule has 3 aromatic rings. The first-order valence-corrected chi connectivity index (χ1v) is 9.54. The number of fused-ring (bicyclic) bond motifs is 1. The molecule has 1 aliphatic heterocycles. The zero-order chi connectivity index (χ0) is 20.2. The van der Waals surface area contributed by atoms with E-state index in [-0.39, 0.29) is 12.0 Å². The average Bonchev–Trinajstić information content (AvgIpc) is 3.36. The maximum atomic E-state index is 12.3. The lowest BCUT2D eigenvalue weighted by Gasteiger charge is -2.10. The molecule has 1 aliphatic rings. The van der Waals surface area contributed by atoms with Crippen LogP contribution in [0.4, 0.5) is 5.69 Å². The van der Waals surface area contributed by atoms with Gasteiger partial charge in [-0.1, -0.05) is 0 Å². The summed E-state index contributed by atoms with van der Waals surface area (Å²) in [6.07, 6.45) is 9.31. The molecule has 7 nitrogen and oxygen atoms in total. The van der Waals surface area contributed by atoms with Crippen molar-refractivity contribution in [2.45, 2.75) is 26.4 Å². The first-order chi connectivity index (χ1) is 14.1. The van der Waals surface area contributed by atoms with Gasteiger partial charge in [-0.25, -0.2) is 9.67 Å². The summed E-state index contributed by atoms with van der Waals surface area (Å²) in [5, 5.41) is 6.93. The lowest BCUT2D eigenvalue weighted by Crippen LogP contribution is -2.08. The van der Waals surface area contributed by atoms with Gasteiger partial charge in [-0.2, -0.15) is 5.10 Å². The van der Waals surface area contributed by atoms with Gasteiger partial charge in [0.2, 0.25) is 5.91 Å². The van der Waals surface area contributed by atoms with Gasteiger partial charge in [-0.15, -0.1) is 0 Å². The number of pyridine rings is 1. The van der Waals surface area contributed by atoms with Crippen molar-refractivity contribution >= 4 is 17.7 Å². The quantitative estimate of drug-likeness (QED) is 0.650. The smallest absolute Gasteiger partial charge is 0.248 e. The van der Waals surface area contributed by atoms with Gasteiger partial charge in [0, 0.05) is 36.0 Å². The van der Waals surface area contributed by atoms with Crippen molar-refractivity contribution in [2.24, 2.45) is 0 Å². The highest BCUT2D eigenvalue weighted by Crippen LogP contribution is 2.35. The molecule has 0 saturated heterocycles. The molecule has 0 spiro atoms. The van der Waals surface area contributed by atoms with E-state index in [1.54, 1.807) is 41.5 Å². The maximum Gasteiger partial charge on any atom is 0.248 e. The summed E-state index contributed by atoms with van der Waals surface area (Å²) in [4.78, 5) is 16.6. The van der Waals surface area contributed by atoms with E-state index in [0.29, 0.717) is 18.1 Å². The predicted molar refractivity (Wildman–Crippen MR) is 110 cm³/mol. The fourth-order valence-electron chi connectivity index (χ4n) is 3.22. The van der Waals surface area contributed by atoms with Gasteiger partial charge in [0.15, 0.2) is 5.82 Å². The Labute approximate surface area is 169 Å². The number of nitrogens with one attached hydrogen (secondary N) is 1. The Morgan fingerprint density at radius 3 is 3.03 bits per heavy atom. The highest BCUT2D eigenvalue weighted by Gasteiger charge is 2.21. The number of nitrogens with zero attached hydrogens (tertiary/aromatic N) is 3. The summed E-state index contributed by atoms with van der Waals surface area (Å²) in [6.45, 7) is 4.53. The van der Waals surface area contributed by atoms with Crippen molar-refractivity contribution in [1.29, 1.82) is 0 Å². The van der Waals surface area contributed by atoms with Crippen LogP contribution >= 0.6 is 0 Å². The zero-order valence-corrected chi connectivity index (χ0v) is 16.3. The second kappa shape index (κ2) is 8.18. The van der Waals surface area contributed by atoms with E-state index in [1.807, 2.05) is 32.0 Å². The third kappa shape index (κ3) is 4.29. The topological polar surface area (TPSA) is 78.3 Å². The molecule has 0 aliphatic carbocycles. The minimum absolute atomic E-state index is 0.152. The molecule has 1 unspecified atom stereocenters. The van der Waals surface area contributed by atoms with Gasteiger partial charge in [0.1, 0.15) is 17.6 Å². The van der Waals surface area contributed by atoms with Crippen molar-refractivity contribution in [3.63, 3.8) is 0 Å². The van der Waals surface area contributed by atoms with Crippen LogP contribution in [0, 0.1) is 0 Å². The Hall–Kier alpha value is -3.61. The molecular weight excluding hydrogens is 368 g/mol. The van der Waals surface area contributed by atoms with Crippen LogP contribution < -0.4 is 14.8 Å². The third-order valence-electron chi connectivity index (χ3n) is 4.50. The van der Waals surface area contributed by atoms with Gasteiger partial charge in [-0.3, -0.25) is 4.79 Å². The van der Waals surface area contributed by atoms with E-state index in [2.05, 4.69) is 15.4 Å². The zero-order valence-electron chi connectivity index (χ0n) is 16.3. The summed E-state index contributed by atoms with van der Waals surface area (Å²) in [7, 11) is 0. The van der Waals surface area contributed by atoms with E-state index >= 15 is 0 Å². The van der Waals surface area contributed by atoms with Gasteiger partial charge < -0.3 is 14.8 Å². The van der Waals surface area contributed by atoms with E-state index < -0.39 is 0 Å². The van der Waals surface area contributed by atoms with Crippen LogP contribution in [0.1, 0.15) is 25.0 Å². The highest BCUT2D eigenvalue weighted by atomic mass is 16.5. The SMILES string of the molecule is CCOc1cc2c(cc1/C=C/C(=O)Nc1ccc(-n3cccn3)nc1)OC(C)C2. The van der Waals surface area contributed by atoms with Gasteiger partial charge in [0.25, 0.3) is 0 Å². The standard InChI is InChI=1S/C22H22N4O3/c1-3-28-19-13-17-11-15(2)29-20(17)12-16(19)5-8-22(27)25-18-6-7-21(23-14-18)26-10-4-9-24-26/h4-10,12-15H,3,11H2,1-2H3,(H,25,27)/b8-5+. The molecule has 7 heteroatoms. The minimum atomic E-state index is -0.254. The third-order valence-corrected chi connectivity index (χ3v) is 4.50. The number of aromatic nitrogens is 3. The number of carbonyl (C=O) groups is 1. The molecule has 1 N–H and O–H groups in total. The van der Waals surface area contributed by atoms with Crippen LogP contribution in [-0.4, -0.2) is 33.4 Å². The number of anilines is 1. The number of amides is 1. The van der Waals surface area contributed by atoms with Crippen molar-refractivity contribution in [2.75, 3.05) is 11.9 Å². The van der Waals surface area contributed by atoms with Gasteiger partial charge in [-0.05, 0) is 50.3 Å². The minimum Gasteiger partial charge on any atom is -0.493 e. The second-order valence-corrected chi connectivity index (χ2v) is 6.74. The summed E-state index contributed by atoms with van der Waals surface area (Å²) >= 11 is 0. The van der Waals surface area contributed by atoms with Crippen LogP contribution in [0.2, 0.25) is 0 Å². The lowest BCUT2D eigenvalue weighted by molar-refractivity contribution is -0.111. The molecule has 1 amide bonds. The molecule has 148 valence electrons. The number of ether oxygens (including phenoxy) is 2. The number of hydrogen-bond acceptors (Lipinski definition) is 5. The van der Waals surface area contributed by atoms with E-state index in [4.69, 9.17) is 9.47 Å². The number of hydrogen-bond donors (Lipinski definition) is 1. The Kier molecular flexibility index (Phi) is 5.29. The molecule has 3 heterocycles. The van der Waals surface area contributed by atoms with Crippen LogP contribution in [0.25, 0.3) is 11.9 Å². The molecule has 1 aromatic carbocycles. The Morgan fingerprint density at radius 2 is 2.31 bits per heavy atom. The first kappa shape index (κ1) is 18.7. The Morgan fingerprint density at radius 1 is 1.41 bits per heavy atom. The number of carbonyl (C=O) groups excluding carboxylic acids is 1. The fourth-order valence-corrected chi connectivity index (χ4v) is 3.22. The van der Waals surface area contributed by atoms with Gasteiger partial charge >= 0.3 is 0 Å². The molecule has 2 aromatic heterocycles. The summed E-state index contributed by atoms with van der Waals surface area (Å²) in [6, 6.07) is 9.32. The summed E-state index contributed by atoms with van der Waals surface area (Å²) in [5.74, 6) is 2.02. The molecule has 0 fully saturated rings. The molecule has 0 bridgehead atoms. The fraction of sp³-hybridized carbons (Fsp3) is 0.227. The molecule has 4 rings (SSSR count). The van der Waals surface area contributed by atoms with Crippen LogP contribution in [-0.2, 0) is 11.2 Å². The molecule has 1 atom stereocenters. The van der Waals surface area contributed by atoms with Crippen molar-refractivity contribution in [1.82, 2.24) is 14.8 Å². The molecule has 0 radical (unpaired) electrons. The molecular formula is C22H22N4O3. The predicted octanol–water partition coefficient (Wildman–Crippen LogP) is 3.64. The highest BCUT2D eigenvalue weighted by molar-refractivity contribution is 6.02. The molecule has 29 heavy (non-hydrogen) atoms. The number of rotatable bonds is 6. The summed E-state index contributed by atoms with van der Waals surface area (Å²) < 4.78 is 13.2. The van der Waals surface area contributed by atoms with Crippen molar-refractivity contribution < 1.29 is 14.3 Å². The van der Waals surface area contributed by atoms with Crippen molar-refractivity contribution in [3.05, 3.63) is 66.1 Å². The van der Waals surface area contributed by atoms with Crippen LogP contribution in [0.5, 0.6) is 11.5 Å². The second-order valence-electron chi connectivity index (χ2n) is 6.74. The lowest BCUT2D eigenvalue weighted by atomic mass is 10.1. The summed E-state index contributed by atoms with van der Waals surface area (Å²) in [5.41, 5.74) is 2.54. The van der Waals surface area contributed by atoms with E-state index in [1.165, 1.54) is 6.08 Å². The average molecular weight is 390 g/mol. The van der Waals surface area contributed by atoms with E-state index in [9.17, 15) is 4.79 Å². The normalized spacial score (nSPS) is 15.2. The van der Waals surface area contributed by atoms with Crippen molar-refractivity contribution in [3.8, 4) is 17.3 Å². The Bertz CT molecular complexity index is 1030. The Balaban J connectivity index is 1.46. The number of benzene rings is 1. The largest absolute Gasteiger partial charge is 0.493 e. The maximum absolute atomic E-state index is 12.3. The molecule has 0 saturated carbocycles. The van der Waals surface area contributed by atoms with Crippen LogP contribution in [0.15, 0.2) is 55.0 Å².